The van der Waals surface area contributed by atoms with Crippen LogP contribution in [-0.2, 0) is 6.54 Å². The largest absolute Gasteiger partial charge is 0.308 e. The molecule has 0 amide bonds. The van der Waals surface area contributed by atoms with Crippen LogP contribution in [0.25, 0.3) is 0 Å². The molecule has 2 atom stereocenters. The second-order valence-corrected chi connectivity index (χ2v) is 7.57. The number of thioether (sulfide) groups is 1. The fraction of sp³-hybridized carbons (Fsp3) is 0.812. The minimum atomic E-state index is 0.430. The van der Waals surface area contributed by atoms with Crippen LogP contribution in [0.15, 0.2) is 10.1 Å². The van der Waals surface area contributed by atoms with E-state index in [2.05, 4.69) is 20.3 Å². The van der Waals surface area contributed by atoms with Crippen LogP contribution in [-0.4, -0.2) is 63.9 Å². The van der Waals surface area contributed by atoms with Gasteiger partial charge in [0.2, 0.25) is 11.1 Å². The molecule has 7 heteroatoms. The molecule has 1 aromatic heterocycles. The van der Waals surface area contributed by atoms with Crippen LogP contribution in [0.5, 0.6) is 0 Å². The maximum absolute atomic E-state index is 4.88. The highest BCUT2D eigenvalue weighted by molar-refractivity contribution is 7.98. The number of nitrogens with zero attached hydrogens (tertiary/aromatic N) is 5. The summed E-state index contributed by atoms with van der Waals surface area (Å²) in [6.07, 6.45) is 8.47. The van der Waals surface area contributed by atoms with Gasteiger partial charge in [0.1, 0.15) is 0 Å². The van der Waals surface area contributed by atoms with Gasteiger partial charge in [-0.3, -0.25) is 0 Å². The summed E-state index contributed by atoms with van der Waals surface area (Å²) in [5, 5.41) is 9.13. The van der Waals surface area contributed by atoms with Gasteiger partial charge in [0.05, 0.1) is 6.54 Å². The molecule has 3 aliphatic rings. The zero-order chi connectivity index (χ0) is 15.6. The summed E-state index contributed by atoms with van der Waals surface area (Å²) in [6.45, 7) is 5.74. The van der Waals surface area contributed by atoms with Crippen molar-refractivity contribution in [3.8, 4) is 0 Å². The Morgan fingerprint density at radius 3 is 2.91 bits per heavy atom. The van der Waals surface area contributed by atoms with Crippen LogP contribution in [0, 0.1) is 5.92 Å². The molecule has 2 unspecified atom stereocenters. The third-order valence-corrected chi connectivity index (χ3v) is 5.81. The molecule has 1 saturated heterocycles. The Kier molecular flexibility index (Phi) is 4.68. The molecule has 3 heterocycles. The molecule has 4 rings (SSSR count). The van der Waals surface area contributed by atoms with Crippen molar-refractivity contribution in [1.29, 1.82) is 0 Å². The number of aromatic nitrogens is 3. The standard InChI is InChI=1S/C16H26N6S/c1-23-16-19-15-18-14-12(11-22(15)20-16)5-4-6-13(14)17-7-10-21-8-2-3-9-21/h12-13,17H,2-11H2,1H3. The van der Waals surface area contributed by atoms with E-state index in [0.29, 0.717) is 12.0 Å². The second kappa shape index (κ2) is 6.91. The molecule has 0 bridgehead atoms. The van der Waals surface area contributed by atoms with Gasteiger partial charge in [-0.2, -0.15) is 4.98 Å². The Morgan fingerprint density at radius 1 is 1.22 bits per heavy atom. The molecule has 0 radical (unpaired) electrons. The number of aliphatic imine (C=N–C) groups is 1. The Hall–Kier alpha value is -0.920. The van der Waals surface area contributed by atoms with Gasteiger partial charge in [0, 0.05) is 30.8 Å². The van der Waals surface area contributed by atoms with Gasteiger partial charge in [-0.15, -0.1) is 5.10 Å². The van der Waals surface area contributed by atoms with Crippen LogP contribution < -0.4 is 5.32 Å². The molecule has 0 spiro atoms. The molecule has 1 aromatic rings. The van der Waals surface area contributed by atoms with Crippen molar-refractivity contribution < 1.29 is 0 Å². The van der Waals surface area contributed by atoms with Gasteiger partial charge >= 0.3 is 0 Å². The average molecular weight is 334 g/mol. The van der Waals surface area contributed by atoms with E-state index in [9.17, 15) is 0 Å². The van der Waals surface area contributed by atoms with Crippen LogP contribution in [0.2, 0.25) is 0 Å². The zero-order valence-corrected chi connectivity index (χ0v) is 14.7. The lowest BCUT2D eigenvalue weighted by Gasteiger charge is -2.34. The summed E-state index contributed by atoms with van der Waals surface area (Å²) in [4.78, 5) is 12.0. The third kappa shape index (κ3) is 3.32. The summed E-state index contributed by atoms with van der Waals surface area (Å²) in [7, 11) is 0. The maximum Gasteiger partial charge on any atom is 0.248 e. The number of hydrogen-bond donors (Lipinski definition) is 1. The monoisotopic (exact) mass is 334 g/mol. The van der Waals surface area contributed by atoms with Crippen molar-refractivity contribution >= 4 is 23.4 Å². The quantitative estimate of drug-likeness (QED) is 0.834. The molecule has 0 aromatic carbocycles. The average Bonchev–Trinajstić information content (AvgIpc) is 3.21. The smallest absolute Gasteiger partial charge is 0.248 e. The Labute approximate surface area is 142 Å². The third-order valence-electron chi connectivity index (χ3n) is 5.28. The minimum Gasteiger partial charge on any atom is -0.308 e. The molecule has 1 saturated carbocycles. The first-order chi connectivity index (χ1) is 11.3. The summed E-state index contributed by atoms with van der Waals surface area (Å²) in [5.74, 6) is 1.34. The normalized spacial score (nSPS) is 27.6. The number of likely N-dealkylation sites (tertiary alicyclic amines) is 1. The first kappa shape index (κ1) is 15.6. The van der Waals surface area contributed by atoms with E-state index in [1.807, 2.05) is 10.9 Å². The van der Waals surface area contributed by atoms with Gasteiger partial charge < -0.3 is 10.2 Å². The van der Waals surface area contributed by atoms with Crippen LogP contribution in [0.3, 0.4) is 0 Å². The zero-order valence-electron chi connectivity index (χ0n) is 13.9. The highest BCUT2D eigenvalue weighted by Crippen LogP contribution is 2.31. The molecular weight excluding hydrogens is 308 g/mol. The van der Waals surface area contributed by atoms with Gasteiger partial charge in [-0.1, -0.05) is 18.2 Å². The van der Waals surface area contributed by atoms with E-state index in [1.165, 1.54) is 57.5 Å². The van der Waals surface area contributed by atoms with Crippen molar-refractivity contribution in [2.24, 2.45) is 10.9 Å². The molecule has 23 heavy (non-hydrogen) atoms. The lowest BCUT2D eigenvalue weighted by atomic mass is 9.83. The molecule has 1 N–H and O–H groups in total. The number of nitrogens with one attached hydrogen (secondary N) is 1. The van der Waals surface area contributed by atoms with E-state index in [4.69, 9.17) is 4.99 Å². The number of rotatable bonds is 5. The van der Waals surface area contributed by atoms with E-state index >= 15 is 0 Å². The highest BCUT2D eigenvalue weighted by atomic mass is 32.2. The lowest BCUT2D eigenvalue weighted by molar-refractivity contribution is 0.323. The molecule has 6 nitrogen and oxygen atoms in total. The van der Waals surface area contributed by atoms with Gasteiger partial charge in [0.25, 0.3) is 0 Å². The molecule has 2 fully saturated rings. The summed E-state index contributed by atoms with van der Waals surface area (Å²) >= 11 is 1.59. The van der Waals surface area contributed by atoms with Crippen LogP contribution in [0.4, 0.5) is 5.95 Å². The van der Waals surface area contributed by atoms with Gasteiger partial charge in [-0.05, 0) is 45.0 Å². The molecule has 126 valence electrons. The van der Waals surface area contributed by atoms with Crippen LogP contribution >= 0.6 is 11.8 Å². The minimum absolute atomic E-state index is 0.430. The number of fused-ring (bicyclic) bond motifs is 2. The van der Waals surface area contributed by atoms with E-state index in [-0.39, 0.29) is 0 Å². The van der Waals surface area contributed by atoms with E-state index < -0.39 is 0 Å². The van der Waals surface area contributed by atoms with Gasteiger partial charge in [0.15, 0.2) is 0 Å². The van der Waals surface area contributed by atoms with E-state index in [0.717, 1.165) is 24.2 Å². The van der Waals surface area contributed by atoms with Crippen molar-refractivity contribution in [2.75, 3.05) is 32.4 Å². The van der Waals surface area contributed by atoms with Crippen molar-refractivity contribution in [2.45, 2.75) is 49.8 Å². The van der Waals surface area contributed by atoms with Crippen LogP contribution in [0.1, 0.15) is 32.1 Å². The predicted molar refractivity (Wildman–Crippen MR) is 93.7 cm³/mol. The maximum atomic E-state index is 4.88. The Bertz CT molecular complexity index is 577. The first-order valence-corrected chi connectivity index (χ1v) is 10.1. The SMILES string of the molecule is CSc1nc2n(n1)CC1CCCC(NCCN3CCCC3)C1=N2. The van der Waals surface area contributed by atoms with Crippen molar-refractivity contribution in [3.63, 3.8) is 0 Å². The fourth-order valence-electron chi connectivity index (χ4n) is 4.04. The molecule has 1 aliphatic carbocycles. The molecule has 2 aliphatic heterocycles. The number of hydrogen-bond acceptors (Lipinski definition) is 6. The summed E-state index contributed by atoms with van der Waals surface area (Å²) in [5.41, 5.74) is 1.32. The highest BCUT2D eigenvalue weighted by Gasteiger charge is 2.33. The summed E-state index contributed by atoms with van der Waals surface area (Å²) < 4.78 is 1.99. The van der Waals surface area contributed by atoms with E-state index in [1.54, 1.807) is 11.8 Å². The predicted octanol–water partition coefficient (Wildman–Crippen LogP) is 1.94. The lowest BCUT2D eigenvalue weighted by Crippen LogP contribution is -2.47. The van der Waals surface area contributed by atoms with Crippen molar-refractivity contribution in [1.82, 2.24) is 25.0 Å². The molecular formula is C16H26N6S. The fourth-order valence-corrected chi connectivity index (χ4v) is 4.40. The summed E-state index contributed by atoms with van der Waals surface area (Å²) in [6, 6.07) is 0.430. The first-order valence-electron chi connectivity index (χ1n) is 8.86. The Morgan fingerprint density at radius 2 is 2.09 bits per heavy atom. The van der Waals surface area contributed by atoms with Crippen molar-refractivity contribution in [3.05, 3.63) is 0 Å². The topological polar surface area (TPSA) is 58.3 Å². The Balaban J connectivity index is 1.43. The van der Waals surface area contributed by atoms with Gasteiger partial charge in [-0.25, -0.2) is 9.67 Å². The second-order valence-electron chi connectivity index (χ2n) is 6.80.